The summed E-state index contributed by atoms with van der Waals surface area (Å²) in [5, 5.41) is 17.6. The van der Waals surface area contributed by atoms with Gasteiger partial charge in [-0.15, -0.1) is 0 Å². The van der Waals surface area contributed by atoms with E-state index in [1.54, 1.807) is 11.3 Å². The van der Waals surface area contributed by atoms with Crippen LogP contribution in [-0.2, 0) is 0 Å². The maximum absolute atomic E-state index is 9.99. The standard InChI is InChI=1S/C9H16N4O/c1-7(2)12-8(3)11-6-4-5-10-13(11)9(12)14/h4-9,14H,1-3H3. The molecule has 2 atom stereocenters. The molecule has 0 saturated carbocycles. The Morgan fingerprint density at radius 3 is 2.71 bits per heavy atom. The number of aliphatic hydroxyl groups excluding tert-OH is 1. The van der Waals surface area contributed by atoms with E-state index in [4.69, 9.17) is 0 Å². The molecule has 1 fully saturated rings. The van der Waals surface area contributed by atoms with Gasteiger partial charge >= 0.3 is 0 Å². The Morgan fingerprint density at radius 2 is 2.14 bits per heavy atom. The molecule has 2 heterocycles. The van der Waals surface area contributed by atoms with Gasteiger partial charge in [0.05, 0.1) is 6.21 Å². The number of rotatable bonds is 1. The van der Waals surface area contributed by atoms with Crippen molar-refractivity contribution in [3.63, 3.8) is 0 Å². The highest BCUT2D eigenvalue weighted by molar-refractivity contribution is 5.71. The molecule has 0 aliphatic carbocycles. The SMILES string of the molecule is CC(C)N1C(C)N2C=CC=NN2C1O. The first-order valence-electron chi connectivity index (χ1n) is 4.86. The summed E-state index contributed by atoms with van der Waals surface area (Å²) in [6.45, 7) is 6.17. The lowest BCUT2D eigenvalue weighted by atomic mass is 10.3. The van der Waals surface area contributed by atoms with Crippen LogP contribution in [0.25, 0.3) is 0 Å². The van der Waals surface area contributed by atoms with Crippen LogP contribution in [0.1, 0.15) is 20.8 Å². The molecule has 14 heavy (non-hydrogen) atoms. The quantitative estimate of drug-likeness (QED) is 0.657. The van der Waals surface area contributed by atoms with Crippen LogP contribution in [0.2, 0.25) is 0 Å². The van der Waals surface area contributed by atoms with Crippen LogP contribution in [0, 0.1) is 0 Å². The Hall–Kier alpha value is -1.07. The number of nitrogens with zero attached hydrogens (tertiary/aromatic N) is 4. The van der Waals surface area contributed by atoms with Gasteiger partial charge in [0.25, 0.3) is 0 Å². The van der Waals surface area contributed by atoms with E-state index in [1.807, 2.05) is 22.2 Å². The molecule has 0 aromatic heterocycles. The fraction of sp³-hybridized carbons (Fsp3) is 0.667. The lowest BCUT2D eigenvalue weighted by Gasteiger charge is -2.27. The molecule has 0 radical (unpaired) electrons. The van der Waals surface area contributed by atoms with Gasteiger partial charge in [0.1, 0.15) is 6.17 Å². The smallest absolute Gasteiger partial charge is 0.224 e. The molecule has 0 aromatic carbocycles. The summed E-state index contributed by atoms with van der Waals surface area (Å²) in [6, 6.07) is 0.286. The largest absolute Gasteiger partial charge is 0.358 e. The van der Waals surface area contributed by atoms with Crippen molar-refractivity contribution in [1.82, 2.24) is 15.0 Å². The monoisotopic (exact) mass is 196 g/mol. The highest BCUT2D eigenvalue weighted by Crippen LogP contribution is 2.27. The van der Waals surface area contributed by atoms with Gasteiger partial charge in [-0.1, -0.05) is 0 Å². The van der Waals surface area contributed by atoms with Crippen molar-refractivity contribution >= 4 is 6.21 Å². The van der Waals surface area contributed by atoms with Gasteiger partial charge < -0.3 is 5.11 Å². The fourth-order valence-corrected chi connectivity index (χ4v) is 1.98. The summed E-state index contributed by atoms with van der Waals surface area (Å²) < 4.78 is 0. The van der Waals surface area contributed by atoms with Gasteiger partial charge in [-0.2, -0.15) is 10.2 Å². The van der Waals surface area contributed by atoms with Crippen molar-refractivity contribution in [2.75, 3.05) is 0 Å². The molecule has 5 heteroatoms. The van der Waals surface area contributed by atoms with E-state index in [2.05, 4.69) is 25.9 Å². The van der Waals surface area contributed by atoms with Crippen LogP contribution >= 0.6 is 0 Å². The van der Waals surface area contributed by atoms with Gasteiger partial charge in [0, 0.05) is 12.2 Å². The van der Waals surface area contributed by atoms with Crippen LogP contribution in [-0.4, -0.2) is 44.9 Å². The number of hydrazine groups is 1. The second-order valence-electron chi connectivity index (χ2n) is 3.83. The normalized spacial score (nSPS) is 31.8. The van der Waals surface area contributed by atoms with E-state index >= 15 is 0 Å². The second kappa shape index (κ2) is 3.25. The Balaban J connectivity index is 2.25. The Bertz CT molecular complexity index is 252. The van der Waals surface area contributed by atoms with E-state index in [1.165, 1.54) is 0 Å². The van der Waals surface area contributed by atoms with E-state index in [9.17, 15) is 5.11 Å². The summed E-state index contributed by atoms with van der Waals surface area (Å²) in [5.41, 5.74) is 0. The van der Waals surface area contributed by atoms with Gasteiger partial charge in [0.15, 0.2) is 0 Å². The minimum Gasteiger partial charge on any atom is -0.358 e. The van der Waals surface area contributed by atoms with Crippen LogP contribution in [0.3, 0.4) is 0 Å². The summed E-state index contributed by atoms with van der Waals surface area (Å²) >= 11 is 0. The number of aliphatic hydroxyl groups is 1. The van der Waals surface area contributed by atoms with E-state index in [0.29, 0.717) is 0 Å². The molecule has 78 valence electrons. The van der Waals surface area contributed by atoms with Gasteiger partial charge in [0.2, 0.25) is 6.35 Å². The van der Waals surface area contributed by atoms with Crippen molar-refractivity contribution < 1.29 is 5.11 Å². The van der Waals surface area contributed by atoms with Crippen LogP contribution in [0.4, 0.5) is 0 Å². The second-order valence-corrected chi connectivity index (χ2v) is 3.83. The maximum Gasteiger partial charge on any atom is 0.224 e. The first kappa shape index (κ1) is 9.48. The minimum absolute atomic E-state index is 0.138. The van der Waals surface area contributed by atoms with Crippen molar-refractivity contribution in [1.29, 1.82) is 0 Å². The predicted molar refractivity (Wildman–Crippen MR) is 53.8 cm³/mol. The molecular formula is C9H16N4O. The number of fused-ring (bicyclic) bond motifs is 1. The van der Waals surface area contributed by atoms with E-state index < -0.39 is 6.35 Å². The number of hydrogen-bond acceptors (Lipinski definition) is 5. The zero-order valence-electron chi connectivity index (χ0n) is 8.70. The zero-order chi connectivity index (χ0) is 10.3. The highest BCUT2D eigenvalue weighted by atomic mass is 16.3. The van der Waals surface area contributed by atoms with Crippen LogP contribution in [0.5, 0.6) is 0 Å². The maximum atomic E-state index is 9.99. The summed E-state index contributed by atoms with van der Waals surface area (Å²) in [7, 11) is 0. The average Bonchev–Trinajstić information content (AvgIpc) is 2.41. The number of hydrogen-bond donors (Lipinski definition) is 1. The fourth-order valence-electron chi connectivity index (χ4n) is 1.98. The molecule has 5 nitrogen and oxygen atoms in total. The number of allylic oxidation sites excluding steroid dienone is 1. The predicted octanol–water partition coefficient (Wildman–Crippen LogP) is 0.364. The summed E-state index contributed by atoms with van der Waals surface area (Å²) in [4.78, 5) is 1.99. The lowest BCUT2D eigenvalue weighted by Crippen LogP contribution is -2.42. The molecule has 2 rings (SSSR count). The Kier molecular flexibility index (Phi) is 2.20. The van der Waals surface area contributed by atoms with Crippen molar-refractivity contribution in [3.05, 3.63) is 12.3 Å². The zero-order valence-corrected chi connectivity index (χ0v) is 8.70. The van der Waals surface area contributed by atoms with Crippen LogP contribution < -0.4 is 0 Å². The highest BCUT2D eigenvalue weighted by Gasteiger charge is 2.42. The molecule has 0 aromatic rings. The van der Waals surface area contributed by atoms with Gasteiger partial charge in [-0.05, 0) is 26.8 Å². The minimum atomic E-state index is -0.661. The van der Waals surface area contributed by atoms with Gasteiger partial charge in [-0.3, -0.25) is 5.01 Å². The van der Waals surface area contributed by atoms with Crippen molar-refractivity contribution in [2.45, 2.75) is 39.3 Å². The summed E-state index contributed by atoms with van der Waals surface area (Å²) in [5.74, 6) is 0. The molecule has 2 aliphatic heterocycles. The molecular weight excluding hydrogens is 180 g/mol. The molecule has 2 unspecified atom stereocenters. The molecule has 1 saturated heterocycles. The third-order valence-corrected chi connectivity index (χ3v) is 2.63. The van der Waals surface area contributed by atoms with Crippen molar-refractivity contribution in [2.24, 2.45) is 5.10 Å². The van der Waals surface area contributed by atoms with E-state index in [0.717, 1.165) is 0 Å². The molecule has 1 N–H and O–H groups in total. The third-order valence-electron chi connectivity index (χ3n) is 2.63. The summed E-state index contributed by atoms with van der Waals surface area (Å²) in [6.07, 6.45) is 4.94. The molecule has 0 bridgehead atoms. The average molecular weight is 196 g/mol. The number of hydrazone groups is 1. The lowest BCUT2D eigenvalue weighted by molar-refractivity contribution is -0.106. The van der Waals surface area contributed by atoms with Gasteiger partial charge in [-0.25, -0.2) is 4.90 Å². The Morgan fingerprint density at radius 1 is 1.43 bits per heavy atom. The molecule has 0 amide bonds. The van der Waals surface area contributed by atoms with Crippen LogP contribution in [0.15, 0.2) is 17.4 Å². The Labute approximate surface area is 83.9 Å². The molecule has 2 aliphatic rings. The van der Waals surface area contributed by atoms with E-state index in [-0.39, 0.29) is 12.2 Å². The first-order valence-corrected chi connectivity index (χ1v) is 4.86. The van der Waals surface area contributed by atoms with Crippen molar-refractivity contribution in [3.8, 4) is 0 Å². The molecule has 0 spiro atoms. The third kappa shape index (κ3) is 1.20. The topological polar surface area (TPSA) is 42.3 Å². The first-order chi connectivity index (χ1) is 6.63.